The fourth-order valence-electron chi connectivity index (χ4n) is 3.68. The van der Waals surface area contributed by atoms with Crippen LogP contribution in [0.1, 0.15) is 51.4 Å². The number of piperidine rings is 1. The van der Waals surface area contributed by atoms with Crippen molar-refractivity contribution in [3.05, 3.63) is 0 Å². The topological polar surface area (TPSA) is 104 Å². The number of hydrogen-bond acceptors (Lipinski definition) is 4. The molecule has 8 heteroatoms. The Morgan fingerprint density at radius 3 is 2.22 bits per heavy atom. The third kappa shape index (κ3) is 4.91. The summed E-state index contributed by atoms with van der Waals surface area (Å²) >= 11 is 0. The Morgan fingerprint density at radius 2 is 1.74 bits per heavy atom. The average Bonchev–Trinajstić information content (AvgIpc) is 2.46. The lowest BCUT2D eigenvalue weighted by Gasteiger charge is -2.39. The van der Waals surface area contributed by atoms with Gasteiger partial charge in [-0.25, -0.2) is 12.7 Å². The molecule has 0 bridgehead atoms. The van der Waals surface area contributed by atoms with Crippen molar-refractivity contribution in [2.24, 2.45) is 5.92 Å². The Kier molecular flexibility index (Phi) is 5.67. The van der Waals surface area contributed by atoms with Crippen LogP contribution >= 0.6 is 0 Å². The molecule has 0 aromatic carbocycles. The summed E-state index contributed by atoms with van der Waals surface area (Å²) in [5.74, 6) is -1.25. The van der Waals surface area contributed by atoms with Gasteiger partial charge < -0.3 is 10.4 Å². The van der Waals surface area contributed by atoms with Gasteiger partial charge in [0.1, 0.15) is 0 Å². The maximum absolute atomic E-state index is 12.5. The van der Waals surface area contributed by atoms with Crippen LogP contribution in [-0.4, -0.2) is 54.6 Å². The number of sulfonamides is 1. The Morgan fingerprint density at radius 1 is 1.17 bits per heavy atom. The second kappa shape index (κ2) is 7.17. The van der Waals surface area contributed by atoms with E-state index in [1.807, 2.05) is 0 Å². The van der Waals surface area contributed by atoms with Crippen LogP contribution in [0, 0.1) is 5.92 Å². The third-order valence-electron chi connectivity index (χ3n) is 4.98. The van der Waals surface area contributed by atoms with E-state index >= 15 is 0 Å². The molecule has 2 fully saturated rings. The molecule has 0 aromatic heterocycles. The maximum Gasteiger partial charge on any atom is 0.305 e. The molecule has 132 valence electrons. The number of carbonyl (C=O) groups excluding carboxylic acids is 1. The van der Waals surface area contributed by atoms with Gasteiger partial charge >= 0.3 is 5.97 Å². The van der Waals surface area contributed by atoms with Gasteiger partial charge in [0.05, 0.1) is 18.2 Å². The second-order valence-electron chi connectivity index (χ2n) is 6.84. The van der Waals surface area contributed by atoms with Gasteiger partial charge in [0.2, 0.25) is 15.9 Å². The van der Waals surface area contributed by atoms with Crippen molar-refractivity contribution in [2.45, 2.75) is 56.9 Å². The number of amides is 1. The van der Waals surface area contributed by atoms with E-state index in [9.17, 15) is 18.0 Å². The molecular formula is C15H26N2O5S. The zero-order chi connectivity index (χ0) is 17.1. The minimum Gasteiger partial charge on any atom is -0.481 e. The van der Waals surface area contributed by atoms with Gasteiger partial charge in [0, 0.05) is 19.0 Å². The van der Waals surface area contributed by atoms with Crippen LogP contribution in [0.2, 0.25) is 0 Å². The number of aliphatic carboxylic acids is 1. The Bertz CT molecular complexity index is 546. The van der Waals surface area contributed by atoms with E-state index in [1.54, 1.807) is 0 Å². The monoisotopic (exact) mass is 346 g/mol. The number of carboxylic acid groups (broad SMARTS) is 1. The van der Waals surface area contributed by atoms with Crippen LogP contribution in [-0.2, 0) is 19.6 Å². The number of hydrogen-bond donors (Lipinski definition) is 2. The molecule has 23 heavy (non-hydrogen) atoms. The van der Waals surface area contributed by atoms with Gasteiger partial charge in [0.15, 0.2) is 0 Å². The number of nitrogens with one attached hydrogen (secondary N) is 1. The largest absolute Gasteiger partial charge is 0.481 e. The van der Waals surface area contributed by atoms with Crippen molar-refractivity contribution in [1.29, 1.82) is 0 Å². The third-order valence-corrected chi connectivity index (χ3v) is 6.29. The molecule has 1 saturated heterocycles. The molecule has 0 unspecified atom stereocenters. The van der Waals surface area contributed by atoms with Gasteiger partial charge in [-0.15, -0.1) is 0 Å². The van der Waals surface area contributed by atoms with E-state index in [4.69, 9.17) is 5.11 Å². The van der Waals surface area contributed by atoms with Crippen LogP contribution in [0.25, 0.3) is 0 Å². The van der Waals surface area contributed by atoms with Crippen LogP contribution in [0.3, 0.4) is 0 Å². The molecule has 0 atom stereocenters. The summed E-state index contributed by atoms with van der Waals surface area (Å²) in [7, 11) is -3.21. The van der Waals surface area contributed by atoms with E-state index in [0.717, 1.165) is 19.3 Å². The predicted octanol–water partition coefficient (Wildman–Crippen LogP) is 0.952. The number of carbonyl (C=O) groups is 2. The second-order valence-corrected chi connectivity index (χ2v) is 8.82. The van der Waals surface area contributed by atoms with E-state index in [1.165, 1.54) is 10.6 Å². The maximum atomic E-state index is 12.5. The lowest BCUT2D eigenvalue weighted by molar-refractivity contribution is -0.140. The molecule has 2 rings (SSSR count). The van der Waals surface area contributed by atoms with Gasteiger partial charge in [0.25, 0.3) is 0 Å². The van der Waals surface area contributed by atoms with Crippen molar-refractivity contribution in [3.8, 4) is 0 Å². The summed E-state index contributed by atoms with van der Waals surface area (Å²) in [6.07, 6.45) is 6.45. The van der Waals surface area contributed by atoms with Crippen molar-refractivity contribution < 1.29 is 23.1 Å². The predicted molar refractivity (Wildman–Crippen MR) is 85.4 cm³/mol. The minimum atomic E-state index is -3.21. The number of rotatable bonds is 5. The molecule has 1 aliphatic carbocycles. The van der Waals surface area contributed by atoms with Gasteiger partial charge in [-0.1, -0.05) is 19.3 Å². The van der Waals surface area contributed by atoms with Gasteiger partial charge in [-0.05, 0) is 25.7 Å². The van der Waals surface area contributed by atoms with Crippen LogP contribution in [0.15, 0.2) is 0 Å². The first-order chi connectivity index (χ1) is 10.7. The summed E-state index contributed by atoms with van der Waals surface area (Å²) in [4.78, 5) is 23.7. The SMILES string of the molecule is CS(=O)(=O)N1CCC(C(=O)NC2(CC(=O)O)CCCCC2)CC1. The number of carboxylic acids is 1. The molecule has 1 saturated carbocycles. The standard InChI is InChI=1S/C15H26N2O5S/c1-23(21,22)17-9-5-12(6-10-17)14(20)16-15(11-13(18)19)7-3-2-4-8-15/h12H,2-11H2,1H3,(H,16,20)(H,18,19). The van der Waals surface area contributed by atoms with E-state index < -0.39 is 21.5 Å². The summed E-state index contributed by atoms with van der Waals surface area (Å²) in [6, 6.07) is 0. The fourth-order valence-corrected chi connectivity index (χ4v) is 4.55. The molecule has 2 N–H and O–H groups in total. The molecule has 1 amide bonds. The summed E-state index contributed by atoms with van der Waals surface area (Å²) in [6.45, 7) is 0.700. The van der Waals surface area contributed by atoms with Crippen molar-refractivity contribution in [1.82, 2.24) is 9.62 Å². The average molecular weight is 346 g/mol. The van der Waals surface area contributed by atoms with Crippen LogP contribution in [0.4, 0.5) is 0 Å². The molecular weight excluding hydrogens is 320 g/mol. The molecule has 0 radical (unpaired) electrons. The zero-order valence-corrected chi connectivity index (χ0v) is 14.4. The van der Waals surface area contributed by atoms with Crippen LogP contribution < -0.4 is 5.32 Å². The molecule has 2 aliphatic rings. The first kappa shape index (κ1) is 18.2. The Labute approximate surface area is 137 Å². The van der Waals surface area contributed by atoms with Gasteiger partial charge in [-0.3, -0.25) is 9.59 Å². The highest BCUT2D eigenvalue weighted by Gasteiger charge is 2.38. The highest BCUT2D eigenvalue weighted by atomic mass is 32.2. The quantitative estimate of drug-likeness (QED) is 0.771. The minimum absolute atomic E-state index is 0.0407. The number of nitrogens with zero attached hydrogens (tertiary/aromatic N) is 1. The van der Waals surface area contributed by atoms with E-state index in [-0.39, 0.29) is 18.2 Å². The smallest absolute Gasteiger partial charge is 0.305 e. The summed E-state index contributed by atoms with van der Waals surface area (Å²) < 4.78 is 24.4. The highest BCUT2D eigenvalue weighted by Crippen LogP contribution is 2.32. The first-order valence-electron chi connectivity index (χ1n) is 8.21. The van der Waals surface area contributed by atoms with Gasteiger partial charge in [-0.2, -0.15) is 0 Å². The van der Waals surface area contributed by atoms with Crippen molar-refractivity contribution >= 4 is 21.9 Å². The van der Waals surface area contributed by atoms with Crippen molar-refractivity contribution in [2.75, 3.05) is 19.3 Å². The normalized spacial score (nSPS) is 23.3. The first-order valence-corrected chi connectivity index (χ1v) is 10.1. The Balaban J connectivity index is 1.96. The molecule has 7 nitrogen and oxygen atoms in total. The molecule has 0 spiro atoms. The zero-order valence-electron chi connectivity index (χ0n) is 13.6. The van der Waals surface area contributed by atoms with E-state index in [0.29, 0.717) is 38.8 Å². The van der Waals surface area contributed by atoms with Crippen molar-refractivity contribution in [3.63, 3.8) is 0 Å². The molecule has 1 aliphatic heterocycles. The summed E-state index contributed by atoms with van der Waals surface area (Å²) in [5, 5.41) is 12.2. The lowest BCUT2D eigenvalue weighted by Crippen LogP contribution is -2.54. The highest BCUT2D eigenvalue weighted by molar-refractivity contribution is 7.88. The van der Waals surface area contributed by atoms with Crippen LogP contribution in [0.5, 0.6) is 0 Å². The van der Waals surface area contributed by atoms with E-state index in [2.05, 4.69) is 5.32 Å². The molecule has 0 aromatic rings. The summed E-state index contributed by atoms with van der Waals surface area (Å²) in [5.41, 5.74) is -0.630. The Hall–Kier alpha value is -1.15. The lowest BCUT2D eigenvalue weighted by atomic mass is 9.78. The fraction of sp³-hybridized carbons (Fsp3) is 0.867. The molecule has 1 heterocycles.